The minimum Gasteiger partial charge on any atom is -0.453 e. The lowest BCUT2D eigenvalue weighted by atomic mass is 10.1. The van der Waals surface area contributed by atoms with E-state index < -0.39 is 24.1 Å². The highest BCUT2D eigenvalue weighted by molar-refractivity contribution is 5.90. The topological polar surface area (TPSA) is 99.6 Å². The molecule has 10 nitrogen and oxygen atoms in total. The van der Waals surface area contributed by atoms with E-state index in [0.29, 0.717) is 16.8 Å². The summed E-state index contributed by atoms with van der Waals surface area (Å²) in [5.41, 5.74) is 1.36. The highest BCUT2D eigenvalue weighted by Crippen LogP contribution is 2.29. The number of hydrogen-bond acceptors (Lipinski definition) is 8. The third-order valence-corrected chi connectivity index (χ3v) is 5.20. The first-order chi connectivity index (χ1) is 15.4. The molecule has 2 aliphatic rings. The molecule has 0 aliphatic carbocycles. The van der Waals surface area contributed by atoms with Crippen LogP contribution in [0.4, 0.5) is 25.5 Å². The minimum absolute atomic E-state index is 0.103. The third kappa shape index (κ3) is 4.56. The summed E-state index contributed by atoms with van der Waals surface area (Å²) >= 11 is 0. The van der Waals surface area contributed by atoms with E-state index in [4.69, 9.17) is 4.74 Å². The number of ether oxygens (including phenoxy) is 2. The zero-order valence-corrected chi connectivity index (χ0v) is 17.7. The van der Waals surface area contributed by atoms with Gasteiger partial charge in [0.1, 0.15) is 24.1 Å². The highest BCUT2D eigenvalue weighted by Gasteiger charge is 2.33. The number of nitrogens with zero attached hydrogens (tertiary/aromatic N) is 5. The number of anilines is 2. The molecule has 1 aromatic carbocycles. The Balaban J connectivity index is 1.45. The number of amides is 2. The number of carbonyl (C=O) groups excluding carboxylic acids is 2. The van der Waals surface area contributed by atoms with Crippen LogP contribution < -0.4 is 15.1 Å². The molecule has 4 rings (SSSR count). The Kier molecular flexibility index (Phi) is 6.06. The summed E-state index contributed by atoms with van der Waals surface area (Å²) in [4.78, 5) is 31.0. The summed E-state index contributed by atoms with van der Waals surface area (Å²) < 4.78 is 24.6. The molecule has 1 atom stereocenters. The van der Waals surface area contributed by atoms with Crippen molar-refractivity contribution in [3.05, 3.63) is 42.3 Å². The fourth-order valence-corrected chi connectivity index (χ4v) is 3.42. The predicted molar refractivity (Wildman–Crippen MR) is 116 cm³/mol. The molecule has 0 saturated carbocycles. The van der Waals surface area contributed by atoms with Crippen molar-refractivity contribution >= 4 is 30.0 Å². The number of likely N-dealkylation sites (N-methyl/N-ethyl adjacent to an activating group) is 1. The van der Waals surface area contributed by atoms with Gasteiger partial charge in [-0.15, -0.1) is 0 Å². The zero-order chi connectivity index (χ0) is 22.7. The van der Waals surface area contributed by atoms with Crippen molar-refractivity contribution in [3.63, 3.8) is 0 Å². The van der Waals surface area contributed by atoms with Gasteiger partial charge in [0.05, 0.1) is 32.4 Å². The van der Waals surface area contributed by atoms with E-state index in [2.05, 4.69) is 20.1 Å². The molecule has 1 saturated heterocycles. The van der Waals surface area contributed by atoms with E-state index in [1.165, 1.54) is 18.1 Å². The fraction of sp³-hybridized carbons (Fsp3) is 0.333. The number of hydrogen-bond donors (Lipinski definition) is 1. The second kappa shape index (κ2) is 9.08. The van der Waals surface area contributed by atoms with Crippen molar-refractivity contribution in [3.8, 4) is 11.1 Å². The van der Waals surface area contributed by atoms with Gasteiger partial charge >= 0.3 is 12.2 Å². The molecule has 1 unspecified atom stereocenters. The molecule has 3 heterocycles. The van der Waals surface area contributed by atoms with E-state index in [-0.39, 0.29) is 13.1 Å². The maximum absolute atomic E-state index is 14.9. The van der Waals surface area contributed by atoms with Gasteiger partial charge in [-0.3, -0.25) is 9.91 Å². The molecule has 11 heteroatoms. The Labute approximate surface area is 184 Å². The van der Waals surface area contributed by atoms with E-state index in [9.17, 15) is 14.0 Å². The molecular weight excluding hydrogens is 419 g/mol. The number of aromatic nitrogens is 1. The number of benzene rings is 1. The number of rotatable bonds is 5. The number of halogens is 1. The smallest absolute Gasteiger partial charge is 0.414 e. The molecule has 2 aliphatic heterocycles. The lowest BCUT2D eigenvalue weighted by Crippen LogP contribution is -2.36. The Morgan fingerprint density at radius 3 is 2.81 bits per heavy atom. The fourth-order valence-electron chi connectivity index (χ4n) is 3.42. The average Bonchev–Trinajstić information content (AvgIpc) is 3.18. The van der Waals surface area contributed by atoms with Gasteiger partial charge in [-0.25, -0.2) is 19.0 Å². The van der Waals surface area contributed by atoms with E-state index >= 15 is 0 Å². The van der Waals surface area contributed by atoms with Crippen LogP contribution in [0.15, 0.2) is 41.6 Å². The van der Waals surface area contributed by atoms with Crippen molar-refractivity contribution in [2.24, 2.45) is 5.10 Å². The van der Waals surface area contributed by atoms with Gasteiger partial charge in [0.25, 0.3) is 0 Å². The van der Waals surface area contributed by atoms with Crippen LogP contribution >= 0.6 is 0 Å². The summed E-state index contributed by atoms with van der Waals surface area (Å²) in [5.74, 6) is 0.246. The monoisotopic (exact) mass is 442 g/mol. The number of hydrazone groups is 1. The maximum atomic E-state index is 14.9. The second-order valence-corrected chi connectivity index (χ2v) is 7.36. The Morgan fingerprint density at radius 2 is 2.16 bits per heavy atom. The summed E-state index contributed by atoms with van der Waals surface area (Å²) in [6.45, 7) is 1.84. The Hall–Kier alpha value is -3.89. The molecule has 168 valence electrons. The van der Waals surface area contributed by atoms with Crippen LogP contribution in [-0.4, -0.2) is 75.0 Å². The Morgan fingerprint density at radius 1 is 1.31 bits per heavy atom. The molecule has 1 fully saturated rings. The number of nitrogens with one attached hydrogen (secondary N) is 1. The van der Waals surface area contributed by atoms with Crippen molar-refractivity contribution in [2.45, 2.75) is 6.10 Å². The molecule has 32 heavy (non-hydrogen) atoms. The number of methoxy groups -OCH3 is 1. The predicted octanol–water partition coefficient (Wildman–Crippen LogP) is 2.26. The molecule has 2 amide bonds. The first-order valence-corrected chi connectivity index (χ1v) is 10.0. The number of cyclic esters (lactones) is 1. The average molecular weight is 442 g/mol. The van der Waals surface area contributed by atoms with Gasteiger partial charge in [-0.2, -0.15) is 5.10 Å². The lowest BCUT2D eigenvalue weighted by molar-refractivity contribution is 0.132. The van der Waals surface area contributed by atoms with Crippen molar-refractivity contribution in [1.82, 2.24) is 15.3 Å². The zero-order valence-electron chi connectivity index (χ0n) is 17.7. The van der Waals surface area contributed by atoms with Gasteiger partial charge in [-0.1, -0.05) is 0 Å². The van der Waals surface area contributed by atoms with Gasteiger partial charge in [0.2, 0.25) is 0 Å². The molecule has 0 spiro atoms. The maximum Gasteiger partial charge on any atom is 0.414 e. The lowest BCUT2D eigenvalue weighted by Gasteiger charge is -2.26. The summed E-state index contributed by atoms with van der Waals surface area (Å²) in [6.07, 6.45) is 1.55. The largest absolute Gasteiger partial charge is 0.453 e. The molecule has 1 aromatic heterocycles. The standard InChI is InChI=1S/C21H23FN6O4/c1-26-7-8-27(13-25-26)19-6-3-14(10-23-19)17-5-4-15(9-18(17)22)28-12-16(32-21(28)30)11-24-20(29)31-2/h3-6,9-10,13,16H,7-8,11-12H2,1-2H3,(H,24,29). The molecule has 1 N–H and O–H groups in total. The van der Waals surface area contributed by atoms with E-state index in [1.807, 2.05) is 23.0 Å². The van der Waals surface area contributed by atoms with Crippen LogP contribution in [0.1, 0.15) is 0 Å². The highest BCUT2D eigenvalue weighted by atomic mass is 19.1. The van der Waals surface area contributed by atoms with Crippen LogP contribution in [0.2, 0.25) is 0 Å². The quantitative estimate of drug-likeness (QED) is 0.758. The first-order valence-electron chi connectivity index (χ1n) is 10.0. The van der Waals surface area contributed by atoms with Crippen LogP contribution in [0.3, 0.4) is 0 Å². The van der Waals surface area contributed by atoms with Gasteiger partial charge in [0, 0.05) is 30.9 Å². The van der Waals surface area contributed by atoms with Crippen LogP contribution in [-0.2, 0) is 9.47 Å². The molecule has 2 aromatic rings. The van der Waals surface area contributed by atoms with Gasteiger partial charge in [-0.05, 0) is 30.3 Å². The van der Waals surface area contributed by atoms with E-state index in [1.54, 1.807) is 30.7 Å². The molecule has 0 bridgehead atoms. The van der Waals surface area contributed by atoms with Gasteiger partial charge in [0.15, 0.2) is 0 Å². The molecular formula is C21H23FN6O4. The Bertz CT molecular complexity index is 1030. The van der Waals surface area contributed by atoms with Crippen LogP contribution in [0.25, 0.3) is 11.1 Å². The summed E-state index contributed by atoms with van der Waals surface area (Å²) in [7, 11) is 3.15. The summed E-state index contributed by atoms with van der Waals surface area (Å²) in [6, 6.07) is 8.15. The number of carbonyl (C=O) groups is 2. The van der Waals surface area contributed by atoms with Crippen molar-refractivity contribution < 1.29 is 23.5 Å². The van der Waals surface area contributed by atoms with Crippen LogP contribution in [0.5, 0.6) is 0 Å². The van der Waals surface area contributed by atoms with Gasteiger partial charge < -0.3 is 19.7 Å². The number of alkyl carbamates (subject to hydrolysis) is 1. The normalized spacial score (nSPS) is 18.0. The number of pyridine rings is 1. The van der Waals surface area contributed by atoms with Crippen molar-refractivity contribution in [2.75, 3.05) is 50.1 Å². The summed E-state index contributed by atoms with van der Waals surface area (Å²) in [5, 5.41) is 8.55. The van der Waals surface area contributed by atoms with Crippen LogP contribution in [0, 0.1) is 5.82 Å². The van der Waals surface area contributed by atoms with E-state index in [0.717, 1.165) is 18.9 Å². The first kappa shape index (κ1) is 21.3. The SMILES string of the molecule is COC(=O)NCC1CN(c2ccc(-c3ccc(N4C=NN(C)CC4)nc3)c(F)c2)C(=O)O1. The third-order valence-electron chi connectivity index (χ3n) is 5.20. The second-order valence-electron chi connectivity index (χ2n) is 7.36. The minimum atomic E-state index is -0.616. The molecule has 0 radical (unpaired) electrons. The van der Waals surface area contributed by atoms with Crippen molar-refractivity contribution in [1.29, 1.82) is 0 Å².